The standard InChI is InChI=1S/C16H28N2O6/c1-7-10(3)13(20)12(14(21)23-8-2)18-11(19)9-17-15(22)24-16(4,5)6/h10,12H,7-9H2,1-6H3,(H,17,22)(H,18,19). The first-order chi connectivity index (χ1) is 11.0. The average molecular weight is 344 g/mol. The molecule has 8 heteroatoms. The number of amides is 2. The molecule has 0 aromatic heterocycles. The Morgan fingerprint density at radius 2 is 1.67 bits per heavy atom. The summed E-state index contributed by atoms with van der Waals surface area (Å²) in [6, 6.07) is -1.38. The minimum absolute atomic E-state index is 0.0924. The van der Waals surface area contributed by atoms with Crippen molar-refractivity contribution in [2.24, 2.45) is 5.92 Å². The van der Waals surface area contributed by atoms with Gasteiger partial charge < -0.3 is 20.1 Å². The van der Waals surface area contributed by atoms with Gasteiger partial charge in [-0.1, -0.05) is 13.8 Å². The van der Waals surface area contributed by atoms with E-state index >= 15 is 0 Å². The average Bonchev–Trinajstić information content (AvgIpc) is 2.47. The fourth-order valence-corrected chi connectivity index (χ4v) is 1.64. The van der Waals surface area contributed by atoms with Gasteiger partial charge in [-0.3, -0.25) is 9.59 Å². The minimum atomic E-state index is -1.38. The highest BCUT2D eigenvalue weighted by Crippen LogP contribution is 2.08. The van der Waals surface area contributed by atoms with E-state index in [9.17, 15) is 19.2 Å². The van der Waals surface area contributed by atoms with Crippen molar-refractivity contribution in [2.75, 3.05) is 13.2 Å². The third-order valence-electron chi connectivity index (χ3n) is 3.00. The third-order valence-corrected chi connectivity index (χ3v) is 3.00. The summed E-state index contributed by atoms with van der Waals surface area (Å²) in [5.74, 6) is -2.33. The van der Waals surface area contributed by atoms with Crippen molar-refractivity contribution in [3.63, 3.8) is 0 Å². The van der Waals surface area contributed by atoms with E-state index < -0.39 is 47.9 Å². The molecule has 138 valence electrons. The first kappa shape index (κ1) is 21.9. The largest absolute Gasteiger partial charge is 0.464 e. The summed E-state index contributed by atoms with van der Waals surface area (Å²) in [5, 5.41) is 4.56. The third kappa shape index (κ3) is 8.50. The molecule has 8 nitrogen and oxygen atoms in total. The van der Waals surface area contributed by atoms with Crippen molar-refractivity contribution in [1.29, 1.82) is 0 Å². The zero-order valence-electron chi connectivity index (χ0n) is 15.2. The molecule has 0 aromatic carbocycles. The molecule has 0 spiro atoms. The molecule has 2 atom stereocenters. The van der Waals surface area contributed by atoms with E-state index in [0.29, 0.717) is 6.42 Å². The van der Waals surface area contributed by atoms with Crippen molar-refractivity contribution >= 4 is 23.8 Å². The second-order valence-electron chi connectivity index (χ2n) is 6.32. The van der Waals surface area contributed by atoms with Gasteiger partial charge in [0.25, 0.3) is 0 Å². The molecule has 0 fully saturated rings. The van der Waals surface area contributed by atoms with E-state index in [1.807, 2.05) is 0 Å². The predicted molar refractivity (Wildman–Crippen MR) is 87.3 cm³/mol. The van der Waals surface area contributed by atoms with Crippen LogP contribution in [0.1, 0.15) is 48.0 Å². The minimum Gasteiger partial charge on any atom is -0.464 e. The summed E-state index contributed by atoms with van der Waals surface area (Å²) in [7, 11) is 0. The zero-order valence-corrected chi connectivity index (χ0v) is 15.2. The van der Waals surface area contributed by atoms with E-state index in [1.165, 1.54) is 0 Å². The quantitative estimate of drug-likeness (QED) is 0.505. The highest BCUT2D eigenvalue weighted by atomic mass is 16.6. The van der Waals surface area contributed by atoms with E-state index in [0.717, 1.165) is 0 Å². The monoisotopic (exact) mass is 344 g/mol. The number of nitrogens with one attached hydrogen (secondary N) is 2. The fourth-order valence-electron chi connectivity index (χ4n) is 1.64. The van der Waals surface area contributed by atoms with E-state index in [-0.39, 0.29) is 6.61 Å². The topological polar surface area (TPSA) is 111 Å². The molecule has 24 heavy (non-hydrogen) atoms. The lowest BCUT2D eigenvalue weighted by atomic mass is 9.97. The number of esters is 1. The number of Topliss-reactive ketones (excluding diaryl/α,β-unsaturated/α-hetero) is 1. The van der Waals surface area contributed by atoms with Crippen LogP contribution in [0.5, 0.6) is 0 Å². The summed E-state index contributed by atoms with van der Waals surface area (Å²) in [4.78, 5) is 47.5. The highest BCUT2D eigenvalue weighted by molar-refractivity contribution is 6.06. The van der Waals surface area contributed by atoms with Crippen LogP contribution in [0.3, 0.4) is 0 Å². The maximum atomic E-state index is 12.2. The Bertz CT molecular complexity index is 470. The number of carbonyl (C=O) groups excluding carboxylic acids is 4. The van der Waals surface area contributed by atoms with Crippen LogP contribution < -0.4 is 10.6 Å². The number of ether oxygens (including phenoxy) is 2. The van der Waals surface area contributed by atoms with Crippen molar-refractivity contribution in [2.45, 2.75) is 59.6 Å². The molecule has 2 N–H and O–H groups in total. The molecular weight excluding hydrogens is 316 g/mol. The maximum absolute atomic E-state index is 12.2. The second-order valence-corrected chi connectivity index (χ2v) is 6.32. The highest BCUT2D eigenvalue weighted by Gasteiger charge is 2.32. The first-order valence-electron chi connectivity index (χ1n) is 7.98. The van der Waals surface area contributed by atoms with Gasteiger partial charge in [0, 0.05) is 5.92 Å². The lowest BCUT2D eigenvalue weighted by Gasteiger charge is -2.21. The Morgan fingerprint density at radius 3 is 2.12 bits per heavy atom. The molecule has 0 aromatic rings. The molecule has 0 aliphatic heterocycles. The lowest BCUT2D eigenvalue weighted by molar-refractivity contribution is -0.151. The number of ketones is 1. The number of carbonyl (C=O) groups is 4. The van der Waals surface area contributed by atoms with Crippen LogP contribution >= 0.6 is 0 Å². The van der Waals surface area contributed by atoms with Gasteiger partial charge >= 0.3 is 12.1 Å². The number of alkyl carbamates (subject to hydrolysis) is 1. The Hall–Kier alpha value is -2.12. The summed E-state index contributed by atoms with van der Waals surface area (Å²) in [6.45, 7) is 9.81. The number of rotatable bonds is 8. The van der Waals surface area contributed by atoms with Crippen molar-refractivity contribution in [1.82, 2.24) is 10.6 Å². The summed E-state index contributed by atoms with van der Waals surface area (Å²) in [6.07, 6.45) is -0.237. The van der Waals surface area contributed by atoms with Gasteiger partial charge in [0.05, 0.1) is 6.61 Å². The number of hydrogen-bond acceptors (Lipinski definition) is 6. The van der Waals surface area contributed by atoms with Crippen LogP contribution in [0.15, 0.2) is 0 Å². The van der Waals surface area contributed by atoms with Crippen LogP contribution in [0.25, 0.3) is 0 Å². The van der Waals surface area contributed by atoms with Crippen LogP contribution in [-0.4, -0.2) is 48.5 Å². The molecule has 0 bridgehead atoms. The molecule has 0 aliphatic carbocycles. The van der Waals surface area contributed by atoms with Crippen molar-refractivity contribution in [3.05, 3.63) is 0 Å². The lowest BCUT2D eigenvalue weighted by Crippen LogP contribution is -2.51. The Morgan fingerprint density at radius 1 is 1.08 bits per heavy atom. The molecule has 2 unspecified atom stereocenters. The molecule has 0 saturated carbocycles. The maximum Gasteiger partial charge on any atom is 0.408 e. The molecular formula is C16H28N2O6. The first-order valence-corrected chi connectivity index (χ1v) is 7.98. The Labute approximate surface area is 142 Å². The van der Waals surface area contributed by atoms with Crippen molar-refractivity contribution < 1.29 is 28.7 Å². The Balaban J connectivity index is 4.73. The normalized spacial score (nSPS) is 13.4. The van der Waals surface area contributed by atoms with Gasteiger partial charge in [-0.25, -0.2) is 9.59 Å². The smallest absolute Gasteiger partial charge is 0.408 e. The molecule has 0 rings (SSSR count). The van der Waals surface area contributed by atoms with Gasteiger partial charge in [-0.05, 0) is 34.1 Å². The van der Waals surface area contributed by atoms with Gasteiger partial charge in [0.2, 0.25) is 5.91 Å². The molecule has 2 amide bonds. The molecule has 0 saturated heterocycles. The summed E-state index contributed by atoms with van der Waals surface area (Å²) in [5.41, 5.74) is -0.694. The van der Waals surface area contributed by atoms with E-state index in [2.05, 4.69) is 10.6 Å². The Kier molecular flexibility index (Phi) is 9.02. The van der Waals surface area contributed by atoms with Gasteiger partial charge in [-0.2, -0.15) is 0 Å². The van der Waals surface area contributed by atoms with Crippen LogP contribution in [0.4, 0.5) is 4.79 Å². The van der Waals surface area contributed by atoms with Crippen molar-refractivity contribution in [3.8, 4) is 0 Å². The predicted octanol–water partition coefficient (Wildman–Crippen LogP) is 1.17. The van der Waals surface area contributed by atoms with Gasteiger partial charge in [0.1, 0.15) is 12.1 Å². The fraction of sp³-hybridized carbons (Fsp3) is 0.750. The van der Waals surface area contributed by atoms with Gasteiger partial charge in [0.15, 0.2) is 11.8 Å². The van der Waals surface area contributed by atoms with Crippen LogP contribution in [0, 0.1) is 5.92 Å². The summed E-state index contributed by atoms with van der Waals surface area (Å²) < 4.78 is 9.82. The van der Waals surface area contributed by atoms with Gasteiger partial charge in [-0.15, -0.1) is 0 Å². The second kappa shape index (κ2) is 9.89. The molecule has 0 heterocycles. The summed E-state index contributed by atoms with van der Waals surface area (Å²) >= 11 is 0. The molecule has 0 radical (unpaired) electrons. The SMILES string of the molecule is CCOC(=O)C(NC(=O)CNC(=O)OC(C)(C)C)C(=O)C(C)CC. The van der Waals surface area contributed by atoms with E-state index in [4.69, 9.17) is 9.47 Å². The molecule has 0 aliphatic rings. The number of hydrogen-bond donors (Lipinski definition) is 2. The van der Waals surface area contributed by atoms with E-state index in [1.54, 1.807) is 41.5 Å². The van der Waals surface area contributed by atoms with Crippen LogP contribution in [-0.2, 0) is 23.9 Å². The van der Waals surface area contributed by atoms with Crippen LogP contribution in [0.2, 0.25) is 0 Å². The zero-order chi connectivity index (χ0) is 18.9.